The van der Waals surface area contributed by atoms with Gasteiger partial charge in [0.2, 0.25) is 5.91 Å². The van der Waals surface area contributed by atoms with Crippen molar-refractivity contribution in [3.8, 4) is 0 Å². The third-order valence-electron chi connectivity index (χ3n) is 1.87. The molecule has 86 valence electrons. The van der Waals surface area contributed by atoms with Crippen molar-refractivity contribution < 1.29 is 4.79 Å². The largest absolute Gasteiger partial charge is 0.320 e. The van der Waals surface area contributed by atoms with Crippen LogP contribution in [-0.4, -0.2) is 16.9 Å². The SMILES string of the molecule is CCc1nc(NC(=O)[C@H](C)N)sc1C.Cl. The normalized spacial score (nSPS) is 11.7. The number of halogens is 1. The Morgan fingerprint density at radius 3 is 2.67 bits per heavy atom. The average Bonchev–Trinajstić information content (AvgIpc) is 2.45. The van der Waals surface area contributed by atoms with Gasteiger partial charge in [-0.05, 0) is 20.3 Å². The average molecular weight is 250 g/mol. The quantitative estimate of drug-likeness (QED) is 0.857. The predicted octanol–water partition coefficient (Wildman–Crippen LogP) is 1.72. The fraction of sp³-hybridized carbons (Fsp3) is 0.556. The van der Waals surface area contributed by atoms with E-state index in [-0.39, 0.29) is 18.3 Å². The molecule has 15 heavy (non-hydrogen) atoms. The Balaban J connectivity index is 0.00000196. The van der Waals surface area contributed by atoms with Crippen LogP contribution in [0.2, 0.25) is 0 Å². The van der Waals surface area contributed by atoms with Gasteiger partial charge in [-0.3, -0.25) is 4.79 Å². The minimum absolute atomic E-state index is 0. The van der Waals surface area contributed by atoms with E-state index in [9.17, 15) is 4.79 Å². The maximum atomic E-state index is 11.3. The number of nitrogens with two attached hydrogens (primary N) is 1. The molecule has 0 aromatic carbocycles. The van der Waals surface area contributed by atoms with E-state index in [2.05, 4.69) is 10.3 Å². The first-order valence-electron chi connectivity index (χ1n) is 4.57. The van der Waals surface area contributed by atoms with Gasteiger partial charge < -0.3 is 11.1 Å². The van der Waals surface area contributed by atoms with Crippen molar-refractivity contribution in [3.05, 3.63) is 10.6 Å². The molecular formula is C9H16ClN3OS. The van der Waals surface area contributed by atoms with Gasteiger partial charge in [-0.1, -0.05) is 6.92 Å². The van der Waals surface area contributed by atoms with Gasteiger partial charge in [-0.25, -0.2) is 4.98 Å². The number of nitrogens with one attached hydrogen (secondary N) is 1. The molecule has 1 atom stereocenters. The summed E-state index contributed by atoms with van der Waals surface area (Å²) in [6.07, 6.45) is 0.885. The second kappa shape index (κ2) is 6.05. The Morgan fingerprint density at radius 1 is 1.67 bits per heavy atom. The van der Waals surface area contributed by atoms with Crippen molar-refractivity contribution in [2.24, 2.45) is 5.73 Å². The Labute approximate surface area is 99.7 Å². The molecule has 0 saturated carbocycles. The molecule has 3 N–H and O–H groups in total. The van der Waals surface area contributed by atoms with Crippen LogP contribution < -0.4 is 11.1 Å². The molecule has 0 saturated heterocycles. The van der Waals surface area contributed by atoms with Crippen molar-refractivity contribution in [3.63, 3.8) is 0 Å². The third kappa shape index (κ3) is 3.77. The minimum Gasteiger partial charge on any atom is -0.320 e. The van der Waals surface area contributed by atoms with E-state index in [4.69, 9.17) is 5.73 Å². The summed E-state index contributed by atoms with van der Waals surface area (Å²) in [6, 6.07) is -0.496. The summed E-state index contributed by atoms with van der Waals surface area (Å²) in [5.74, 6) is -0.193. The highest BCUT2D eigenvalue weighted by Gasteiger charge is 2.11. The molecule has 1 heterocycles. The number of amides is 1. The van der Waals surface area contributed by atoms with E-state index in [0.717, 1.165) is 17.0 Å². The van der Waals surface area contributed by atoms with Crippen LogP contribution in [0.15, 0.2) is 0 Å². The zero-order valence-electron chi connectivity index (χ0n) is 9.03. The van der Waals surface area contributed by atoms with Gasteiger partial charge in [0.15, 0.2) is 5.13 Å². The van der Waals surface area contributed by atoms with Crippen molar-refractivity contribution in [1.29, 1.82) is 0 Å². The Kier molecular flexibility index (Phi) is 5.79. The first-order chi connectivity index (χ1) is 6.54. The standard InChI is InChI=1S/C9H15N3OS.ClH/c1-4-7-6(3)14-9(11-7)12-8(13)5(2)10;/h5H,4,10H2,1-3H3,(H,11,12,13);1H/t5-;/m0./s1. The number of hydrogen-bond acceptors (Lipinski definition) is 4. The topological polar surface area (TPSA) is 68.0 Å². The summed E-state index contributed by atoms with van der Waals surface area (Å²) in [5, 5.41) is 3.32. The summed E-state index contributed by atoms with van der Waals surface area (Å²) in [4.78, 5) is 16.7. The highest BCUT2D eigenvalue weighted by Crippen LogP contribution is 2.22. The lowest BCUT2D eigenvalue weighted by Gasteiger charge is -2.03. The van der Waals surface area contributed by atoms with Gasteiger partial charge in [0.1, 0.15) is 0 Å². The summed E-state index contributed by atoms with van der Waals surface area (Å²) in [6.45, 7) is 5.69. The number of anilines is 1. The molecule has 0 radical (unpaired) electrons. The molecule has 1 aromatic heterocycles. The number of hydrogen-bond donors (Lipinski definition) is 2. The highest BCUT2D eigenvalue weighted by atomic mass is 35.5. The lowest BCUT2D eigenvalue weighted by Crippen LogP contribution is -2.32. The number of aryl methyl sites for hydroxylation is 2. The van der Waals surface area contributed by atoms with E-state index in [1.165, 1.54) is 11.3 Å². The number of nitrogens with zero attached hydrogens (tertiary/aromatic N) is 1. The van der Waals surface area contributed by atoms with Gasteiger partial charge in [-0.2, -0.15) is 0 Å². The lowest BCUT2D eigenvalue weighted by molar-refractivity contribution is -0.117. The van der Waals surface area contributed by atoms with Crippen LogP contribution in [-0.2, 0) is 11.2 Å². The number of rotatable bonds is 3. The number of thiazole rings is 1. The maximum Gasteiger partial charge on any atom is 0.242 e. The van der Waals surface area contributed by atoms with Gasteiger partial charge in [0.05, 0.1) is 11.7 Å². The predicted molar refractivity (Wildman–Crippen MR) is 65.8 cm³/mol. The molecule has 0 bridgehead atoms. The molecule has 0 aliphatic rings. The summed E-state index contributed by atoms with van der Waals surface area (Å²) in [7, 11) is 0. The van der Waals surface area contributed by atoms with Crippen LogP contribution in [0.3, 0.4) is 0 Å². The zero-order chi connectivity index (χ0) is 10.7. The van der Waals surface area contributed by atoms with Crippen LogP contribution >= 0.6 is 23.7 Å². The van der Waals surface area contributed by atoms with Gasteiger partial charge in [-0.15, -0.1) is 23.7 Å². The Hall–Kier alpha value is -0.650. The minimum atomic E-state index is -0.496. The second-order valence-corrected chi connectivity index (χ2v) is 4.36. The number of carbonyl (C=O) groups is 1. The summed E-state index contributed by atoms with van der Waals surface area (Å²) >= 11 is 1.49. The monoisotopic (exact) mass is 249 g/mol. The van der Waals surface area contributed by atoms with Crippen molar-refractivity contribution in [2.45, 2.75) is 33.2 Å². The van der Waals surface area contributed by atoms with E-state index in [1.807, 2.05) is 13.8 Å². The van der Waals surface area contributed by atoms with E-state index >= 15 is 0 Å². The molecule has 1 amide bonds. The second-order valence-electron chi connectivity index (χ2n) is 3.15. The van der Waals surface area contributed by atoms with Crippen LogP contribution in [0, 0.1) is 6.92 Å². The van der Waals surface area contributed by atoms with E-state index in [1.54, 1.807) is 6.92 Å². The van der Waals surface area contributed by atoms with Crippen LogP contribution in [0.4, 0.5) is 5.13 Å². The van der Waals surface area contributed by atoms with E-state index in [0.29, 0.717) is 5.13 Å². The van der Waals surface area contributed by atoms with Gasteiger partial charge >= 0.3 is 0 Å². The Bertz CT molecular complexity index is 338. The van der Waals surface area contributed by atoms with Crippen LogP contribution in [0.5, 0.6) is 0 Å². The molecule has 4 nitrogen and oxygen atoms in total. The molecule has 0 fully saturated rings. The fourth-order valence-corrected chi connectivity index (χ4v) is 1.93. The Morgan fingerprint density at radius 2 is 2.27 bits per heavy atom. The van der Waals surface area contributed by atoms with Crippen molar-refractivity contribution in [2.75, 3.05) is 5.32 Å². The van der Waals surface area contributed by atoms with Gasteiger partial charge in [0.25, 0.3) is 0 Å². The fourth-order valence-electron chi connectivity index (χ4n) is 1.03. The van der Waals surface area contributed by atoms with Crippen molar-refractivity contribution >= 4 is 34.8 Å². The smallest absolute Gasteiger partial charge is 0.242 e. The molecule has 0 aliphatic heterocycles. The number of aromatic nitrogens is 1. The molecule has 0 spiro atoms. The third-order valence-corrected chi connectivity index (χ3v) is 2.80. The summed E-state index contributed by atoms with van der Waals surface area (Å²) in [5.41, 5.74) is 6.46. The molecule has 6 heteroatoms. The first kappa shape index (κ1) is 14.3. The number of carbonyl (C=O) groups excluding carboxylic acids is 1. The summed E-state index contributed by atoms with van der Waals surface area (Å²) < 4.78 is 0. The maximum absolute atomic E-state index is 11.3. The highest BCUT2D eigenvalue weighted by molar-refractivity contribution is 7.15. The molecule has 0 aliphatic carbocycles. The van der Waals surface area contributed by atoms with Crippen molar-refractivity contribution in [1.82, 2.24) is 4.98 Å². The van der Waals surface area contributed by atoms with E-state index < -0.39 is 6.04 Å². The molecule has 1 aromatic rings. The first-order valence-corrected chi connectivity index (χ1v) is 5.39. The van der Waals surface area contributed by atoms with Crippen LogP contribution in [0.25, 0.3) is 0 Å². The van der Waals surface area contributed by atoms with Crippen LogP contribution in [0.1, 0.15) is 24.4 Å². The molecule has 0 unspecified atom stereocenters. The van der Waals surface area contributed by atoms with Gasteiger partial charge in [0, 0.05) is 4.88 Å². The molecule has 1 rings (SSSR count). The molecular weight excluding hydrogens is 234 g/mol. The zero-order valence-corrected chi connectivity index (χ0v) is 10.7. The lowest BCUT2D eigenvalue weighted by atomic mass is 10.3.